The Morgan fingerprint density at radius 2 is 1.00 bits per heavy atom. The molecule has 4 aliphatic heterocycles. The minimum Gasteiger partial charge on any atom is -0.337 e. The molecule has 0 N–H and O–H groups in total. The van der Waals surface area contributed by atoms with E-state index >= 15 is 0 Å². The largest absolute Gasteiger partial charge is 0.337 e. The lowest BCUT2D eigenvalue weighted by molar-refractivity contribution is -0.122. The van der Waals surface area contributed by atoms with Crippen molar-refractivity contribution in [3.8, 4) is 0 Å². The van der Waals surface area contributed by atoms with Gasteiger partial charge in [-0.05, 0) is 72.1 Å². The average molecular weight is 681 g/mol. The van der Waals surface area contributed by atoms with Gasteiger partial charge in [-0.3, -0.25) is 19.4 Å². The van der Waals surface area contributed by atoms with Crippen molar-refractivity contribution in [2.75, 3.05) is 37.0 Å². The van der Waals surface area contributed by atoms with E-state index in [1.807, 2.05) is 62.6 Å². The van der Waals surface area contributed by atoms with E-state index in [4.69, 9.17) is 9.98 Å². The molecule has 0 aromatic heterocycles. The zero-order valence-corrected chi connectivity index (χ0v) is 28.3. The van der Waals surface area contributed by atoms with Crippen LogP contribution in [0.2, 0.25) is 0 Å². The number of thioether (sulfide) groups is 4. The summed E-state index contributed by atoms with van der Waals surface area (Å²) in [5, 5.41) is 2.99. The molecule has 46 heavy (non-hydrogen) atoms. The summed E-state index contributed by atoms with van der Waals surface area (Å²) in [7, 11) is 3.97. The van der Waals surface area contributed by atoms with Gasteiger partial charge in [0.05, 0.1) is 32.8 Å². The Morgan fingerprint density at radius 1 is 0.609 bits per heavy atom. The lowest BCUT2D eigenvalue weighted by atomic mass is 10.3. The number of amides is 2. The van der Waals surface area contributed by atoms with Crippen molar-refractivity contribution in [3.05, 3.63) is 118 Å². The van der Waals surface area contributed by atoms with Gasteiger partial charge in [0.15, 0.2) is 10.3 Å². The van der Waals surface area contributed by atoms with E-state index in [1.165, 1.54) is 23.5 Å². The second-order valence-electron chi connectivity index (χ2n) is 10.4. The minimum absolute atomic E-state index is 0.0850. The molecule has 0 aliphatic carbocycles. The molecule has 0 saturated carbocycles. The highest BCUT2D eigenvalue weighted by molar-refractivity contribution is 8.19. The molecule has 0 unspecified atom stereocenters. The van der Waals surface area contributed by atoms with Crippen molar-refractivity contribution >= 4 is 91.9 Å². The predicted molar refractivity (Wildman–Crippen MR) is 195 cm³/mol. The Balaban J connectivity index is 1.15. The number of amidine groups is 2. The summed E-state index contributed by atoms with van der Waals surface area (Å²) in [5.74, 6) is -0.170. The number of fused-ring (bicyclic) bond motifs is 2. The standard InChI is InChI=1S/C34H28N6O2S4/c1-5-19-39-29(41)27(31-37(3)23-11-7-9-13-25(23)43-31)45-33(39)35-21-15-17-22(18-16-21)36-34-40(20-6-2)30(42)28(46-34)32-38(4)24-12-8-10-14-26(24)44-32/h5-18H,1-2,19-20H2,3-4H3/b31-27-,32-28-,35-33?,36-34?. The van der Waals surface area contributed by atoms with Crippen LogP contribution < -0.4 is 9.80 Å². The normalized spacial score (nSPS) is 22.5. The van der Waals surface area contributed by atoms with Crippen LogP contribution in [0.1, 0.15) is 0 Å². The van der Waals surface area contributed by atoms with Gasteiger partial charge < -0.3 is 9.80 Å². The van der Waals surface area contributed by atoms with Gasteiger partial charge in [0.2, 0.25) is 0 Å². The maximum absolute atomic E-state index is 13.6. The van der Waals surface area contributed by atoms with Crippen LogP contribution in [0.5, 0.6) is 0 Å². The monoisotopic (exact) mass is 680 g/mol. The van der Waals surface area contributed by atoms with Gasteiger partial charge in [0.25, 0.3) is 11.8 Å². The molecule has 2 saturated heterocycles. The van der Waals surface area contributed by atoms with E-state index in [9.17, 15) is 9.59 Å². The molecule has 2 fully saturated rings. The van der Waals surface area contributed by atoms with Gasteiger partial charge >= 0.3 is 0 Å². The fourth-order valence-electron chi connectivity index (χ4n) is 5.24. The summed E-state index contributed by atoms with van der Waals surface area (Å²) in [4.78, 5) is 47.8. The Labute approximate surface area is 284 Å². The maximum Gasteiger partial charge on any atom is 0.269 e. The van der Waals surface area contributed by atoms with E-state index < -0.39 is 0 Å². The molecule has 3 aromatic carbocycles. The van der Waals surface area contributed by atoms with Crippen LogP contribution in [0.3, 0.4) is 0 Å². The number of nitrogens with zero attached hydrogens (tertiary/aromatic N) is 6. The zero-order valence-electron chi connectivity index (χ0n) is 25.0. The van der Waals surface area contributed by atoms with Crippen LogP contribution in [0.4, 0.5) is 22.7 Å². The SMILES string of the molecule is C=CCN1C(=O)/C(=C2/Sc3ccccc3N2C)SC1=Nc1ccc(N=C2S/C(=C3\Sc4ccccc4N3C)C(=O)N2CC=C)cc1. The van der Waals surface area contributed by atoms with Gasteiger partial charge in [0.1, 0.15) is 9.81 Å². The van der Waals surface area contributed by atoms with Crippen LogP contribution in [0.15, 0.2) is 138 Å². The minimum atomic E-state index is -0.0850. The number of carbonyl (C=O) groups excluding carboxylic acids is 2. The third kappa shape index (κ3) is 5.38. The first kappa shape index (κ1) is 30.5. The van der Waals surface area contributed by atoms with Gasteiger partial charge in [-0.1, -0.05) is 59.9 Å². The van der Waals surface area contributed by atoms with E-state index in [0.29, 0.717) is 44.6 Å². The maximum atomic E-state index is 13.6. The summed E-state index contributed by atoms with van der Waals surface area (Å²) >= 11 is 5.95. The third-order valence-electron chi connectivity index (χ3n) is 7.51. The highest BCUT2D eigenvalue weighted by Gasteiger charge is 2.40. The molecule has 8 nitrogen and oxygen atoms in total. The molecule has 0 bridgehead atoms. The number of benzene rings is 3. The summed E-state index contributed by atoms with van der Waals surface area (Å²) in [6.07, 6.45) is 3.42. The third-order valence-corrected chi connectivity index (χ3v) is 12.4. The molecule has 12 heteroatoms. The fraction of sp³-hybridized carbons (Fsp3) is 0.118. The molecule has 4 heterocycles. The highest BCUT2D eigenvalue weighted by Crippen LogP contribution is 2.51. The quantitative estimate of drug-likeness (QED) is 0.192. The van der Waals surface area contributed by atoms with Crippen molar-refractivity contribution < 1.29 is 9.59 Å². The molecular weight excluding hydrogens is 653 g/mol. The van der Waals surface area contributed by atoms with E-state index in [0.717, 1.165) is 31.2 Å². The second-order valence-corrected chi connectivity index (χ2v) is 14.5. The Hall–Kier alpha value is -4.10. The van der Waals surface area contributed by atoms with E-state index in [2.05, 4.69) is 47.2 Å². The number of anilines is 2. The van der Waals surface area contributed by atoms with Crippen LogP contribution >= 0.6 is 47.0 Å². The number of carbonyl (C=O) groups is 2. The van der Waals surface area contributed by atoms with Gasteiger partial charge in [-0.15, -0.1) is 13.2 Å². The van der Waals surface area contributed by atoms with Crippen molar-refractivity contribution in [1.82, 2.24) is 9.80 Å². The van der Waals surface area contributed by atoms with Crippen LogP contribution in [-0.2, 0) is 9.59 Å². The number of hydrogen-bond acceptors (Lipinski definition) is 10. The van der Waals surface area contributed by atoms with Crippen molar-refractivity contribution in [2.24, 2.45) is 9.98 Å². The Kier molecular flexibility index (Phi) is 8.36. The first-order valence-electron chi connectivity index (χ1n) is 14.4. The number of para-hydroxylation sites is 2. The topological polar surface area (TPSA) is 71.8 Å². The molecule has 0 spiro atoms. The molecule has 4 aliphatic rings. The summed E-state index contributed by atoms with van der Waals surface area (Å²) < 4.78 is 0. The fourth-order valence-corrected chi connectivity index (χ4v) is 9.95. The number of hydrogen-bond donors (Lipinski definition) is 0. The van der Waals surface area contributed by atoms with Crippen molar-refractivity contribution in [2.45, 2.75) is 9.79 Å². The molecule has 230 valence electrons. The molecular formula is C34H28N6O2S4. The van der Waals surface area contributed by atoms with Gasteiger partial charge in [0, 0.05) is 37.0 Å². The Morgan fingerprint density at radius 3 is 1.37 bits per heavy atom. The average Bonchev–Trinajstić information content (AvgIpc) is 3.77. The summed E-state index contributed by atoms with van der Waals surface area (Å²) in [6.45, 7) is 8.42. The molecule has 7 rings (SSSR count). The molecule has 2 amide bonds. The first-order valence-corrected chi connectivity index (χ1v) is 17.6. The molecule has 3 aromatic rings. The van der Waals surface area contributed by atoms with Crippen LogP contribution in [0, 0.1) is 0 Å². The number of aliphatic imine (C=N–C) groups is 2. The number of rotatable bonds is 6. The van der Waals surface area contributed by atoms with Gasteiger partial charge in [-0.25, -0.2) is 9.98 Å². The molecule has 0 radical (unpaired) electrons. The second kappa shape index (κ2) is 12.6. The Bertz CT molecular complexity index is 1790. The van der Waals surface area contributed by atoms with Crippen molar-refractivity contribution in [3.63, 3.8) is 0 Å². The van der Waals surface area contributed by atoms with Crippen LogP contribution in [-0.4, -0.2) is 59.1 Å². The summed E-state index contributed by atoms with van der Waals surface area (Å²) in [5.41, 5.74) is 3.55. The summed E-state index contributed by atoms with van der Waals surface area (Å²) in [6, 6.07) is 23.7. The molecule has 0 atom stereocenters. The predicted octanol–water partition coefficient (Wildman–Crippen LogP) is 8.01. The van der Waals surface area contributed by atoms with Gasteiger partial charge in [-0.2, -0.15) is 0 Å². The van der Waals surface area contributed by atoms with E-state index in [1.54, 1.807) is 45.5 Å². The van der Waals surface area contributed by atoms with E-state index in [-0.39, 0.29) is 11.8 Å². The smallest absolute Gasteiger partial charge is 0.269 e. The first-order chi connectivity index (χ1) is 22.4. The lowest BCUT2D eigenvalue weighted by Gasteiger charge is -2.15. The highest BCUT2D eigenvalue weighted by atomic mass is 32.2. The van der Waals surface area contributed by atoms with Crippen molar-refractivity contribution in [1.29, 1.82) is 0 Å². The lowest BCUT2D eigenvalue weighted by Crippen LogP contribution is -2.29. The zero-order chi connectivity index (χ0) is 31.9. The van der Waals surface area contributed by atoms with Crippen LogP contribution in [0.25, 0.3) is 0 Å².